The van der Waals surface area contributed by atoms with Gasteiger partial charge in [0.25, 0.3) is 0 Å². The Hall–Kier alpha value is -2.66. The molecule has 3 unspecified atom stereocenters. The number of benzene rings is 2. The second kappa shape index (κ2) is 9.18. The minimum atomic E-state index is 0.0870. The number of ether oxygens (including phenoxy) is 2. The summed E-state index contributed by atoms with van der Waals surface area (Å²) in [4.78, 5) is 18.0. The Morgan fingerprint density at radius 1 is 1.06 bits per heavy atom. The van der Waals surface area contributed by atoms with Crippen molar-refractivity contribution in [2.24, 2.45) is 0 Å². The third kappa shape index (κ3) is 3.84. The van der Waals surface area contributed by atoms with Gasteiger partial charge in [-0.25, -0.2) is 0 Å². The molecule has 5 nitrogen and oxygen atoms in total. The first kappa shape index (κ1) is 23.1. The fraction of sp³-hybridized carbons (Fsp3) is 0.464. The minimum absolute atomic E-state index is 0.0870. The van der Waals surface area contributed by atoms with Gasteiger partial charge in [0.1, 0.15) is 5.88 Å². The second-order valence-electron chi connectivity index (χ2n) is 9.93. The Kier molecular flexibility index (Phi) is 6.24. The summed E-state index contributed by atoms with van der Waals surface area (Å²) >= 11 is 5.87. The highest BCUT2D eigenvalue weighted by molar-refractivity contribution is 6.27. The average Bonchev–Trinajstić information content (AvgIpc) is 2.95. The van der Waals surface area contributed by atoms with Crippen molar-refractivity contribution < 1.29 is 14.3 Å². The lowest BCUT2D eigenvalue weighted by atomic mass is 9.87. The van der Waals surface area contributed by atoms with Crippen LogP contribution in [0.25, 0.3) is 22.2 Å². The van der Waals surface area contributed by atoms with E-state index in [2.05, 4.69) is 48.0 Å². The van der Waals surface area contributed by atoms with Gasteiger partial charge in [-0.15, -0.1) is 11.6 Å². The predicted molar refractivity (Wildman–Crippen MR) is 137 cm³/mol. The Labute approximate surface area is 206 Å². The van der Waals surface area contributed by atoms with Gasteiger partial charge in [0.15, 0.2) is 11.5 Å². The van der Waals surface area contributed by atoms with Crippen LogP contribution in [0.1, 0.15) is 62.5 Å². The zero-order valence-electron chi connectivity index (χ0n) is 20.4. The number of amides is 1. The summed E-state index contributed by atoms with van der Waals surface area (Å²) in [6.07, 6.45) is 4.31. The molecule has 2 saturated heterocycles. The fourth-order valence-electron chi connectivity index (χ4n) is 6.09. The number of rotatable bonds is 6. The highest BCUT2D eigenvalue weighted by Crippen LogP contribution is 2.45. The number of nitrogens with zero attached hydrogens (tertiary/aromatic N) is 1. The lowest BCUT2D eigenvalue weighted by Gasteiger charge is -2.47. The van der Waals surface area contributed by atoms with Crippen LogP contribution in [0, 0.1) is 0 Å². The minimum Gasteiger partial charge on any atom is -0.493 e. The van der Waals surface area contributed by atoms with Crippen LogP contribution in [0.5, 0.6) is 11.5 Å². The molecule has 34 heavy (non-hydrogen) atoms. The van der Waals surface area contributed by atoms with E-state index >= 15 is 0 Å². The first-order valence-corrected chi connectivity index (χ1v) is 12.7. The third-order valence-electron chi connectivity index (χ3n) is 7.72. The third-order valence-corrected chi connectivity index (χ3v) is 7.95. The number of methoxy groups -OCH3 is 2. The van der Waals surface area contributed by atoms with Crippen molar-refractivity contribution in [3.8, 4) is 22.8 Å². The molecule has 1 amide bonds. The van der Waals surface area contributed by atoms with Crippen molar-refractivity contribution in [1.82, 2.24) is 9.88 Å². The molecule has 1 aromatic heterocycles. The summed E-state index contributed by atoms with van der Waals surface area (Å²) in [5, 5.41) is 1.28. The van der Waals surface area contributed by atoms with Gasteiger partial charge in [-0.05, 0) is 79.0 Å². The van der Waals surface area contributed by atoms with Crippen LogP contribution in [-0.4, -0.2) is 48.0 Å². The Balaban J connectivity index is 1.52. The van der Waals surface area contributed by atoms with E-state index in [1.165, 1.54) is 16.5 Å². The number of nitrogens with one attached hydrogen (secondary N) is 1. The Morgan fingerprint density at radius 2 is 1.85 bits per heavy atom. The van der Waals surface area contributed by atoms with Crippen LogP contribution in [0.3, 0.4) is 0 Å². The summed E-state index contributed by atoms with van der Waals surface area (Å²) in [5.74, 6) is 2.44. The van der Waals surface area contributed by atoms with Crippen molar-refractivity contribution in [1.29, 1.82) is 0 Å². The number of alkyl halides is 1. The zero-order chi connectivity index (χ0) is 24.0. The predicted octanol–water partition coefficient (Wildman–Crippen LogP) is 6.45. The van der Waals surface area contributed by atoms with Gasteiger partial charge >= 0.3 is 0 Å². The molecular formula is C28H33ClN2O3. The summed E-state index contributed by atoms with van der Waals surface area (Å²) in [6, 6.07) is 13.7. The van der Waals surface area contributed by atoms with E-state index in [4.69, 9.17) is 21.1 Å². The van der Waals surface area contributed by atoms with E-state index in [0.29, 0.717) is 23.9 Å². The number of aromatic nitrogens is 1. The highest BCUT2D eigenvalue weighted by Gasteiger charge is 2.44. The SMILES string of the molecule is COc1ccc(-c2[nH]c3ccc(C4CCC5CC(C4)N5C(=O)CCl)cc3c2C(C)C)cc1OC. The molecule has 3 fully saturated rings. The van der Waals surface area contributed by atoms with E-state index in [1.54, 1.807) is 14.2 Å². The van der Waals surface area contributed by atoms with Crippen LogP contribution in [0.4, 0.5) is 0 Å². The van der Waals surface area contributed by atoms with E-state index in [1.807, 2.05) is 12.1 Å². The molecule has 2 aliphatic heterocycles. The molecular weight excluding hydrogens is 448 g/mol. The molecule has 2 bridgehead atoms. The summed E-state index contributed by atoms with van der Waals surface area (Å²) < 4.78 is 11.0. The first-order chi connectivity index (χ1) is 16.4. The molecule has 6 heteroatoms. The number of carbonyl (C=O) groups is 1. The van der Waals surface area contributed by atoms with Crippen molar-refractivity contribution in [2.75, 3.05) is 20.1 Å². The molecule has 1 saturated carbocycles. The summed E-state index contributed by atoms with van der Waals surface area (Å²) in [6.45, 7) is 4.49. The number of hydrogen-bond donors (Lipinski definition) is 1. The Bertz CT molecular complexity index is 1220. The molecule has 1 aliphatic carbocycles. The van der Waals surface area contributed by atoms with Crippen LogP contribution < -0.4 is 9.47 Å². The van der Waals surface area contributed by atoms with Gasteiger partial charge in [0, 0.05) is 28.6 Å². The maximum Gasteiger partial charge on any atom is 0.237 e. The number of aromatic amines is 1. The Morgan fingerprint density at radius 3 is 2.56 bits per heavy atom. The van der Waals surface area contributed by atoms with E-state index in [0.717, 1.165) is 54.0 Å². The largest absolute Gasteiger partial charge is 0.493 e. The van der Waals surface area contributed by atoms with Crippen molar-refractivity contribution in [2.45, 2.75) is 63.5 Å². The lowest BCUT2D eigenvalue weighted by Crippen LogP contribution is -2.57. The normalized spacial score (nSPS) is 21.9. The molecule has 0 radical (unpaired) electrons. The molecule has 2 aromatic carbocycles. The first-order valence-electron chi connectivity index (χ1n) is 12.2. The average molecular weight is 481 g/mol. The number of H-pyrrole nitrogens is 1. The lowest BCUT2D eigenvalue weighted by molar-refractivity contribution is -0.141. The summed E-state index contributed by atoms with van der Waals surface area (Å²) in [5.41, 5.74) is 6.06. The standard InChI is InChI=1S/C28H33ClN2O3/c1-16(2)27-22-12-18(17-5-8-20-14-21(11-17)31(20)26(32)15-29)6-9-23(22)30-28(27)19-7-10-24(33-3)25(13-19)34-4/h6-7,9-10,12-13,16-17,20-21,30H,5,8,11,14-15H2,1-4H3. The second-order valence-corrected chi connectivity index (χ2v) is 10.2. The van der Waals surface area contributed by atoms with Gasteiger partial charge in [-0.1, -0.05) is 19.9 Å². The summed E-state index contributed by atoms with van der Waals surface area (Å²) in [7, 11) is 3.32. The van der Waals surface area contributed by atoms with Gasteiger partial charge in [0.2, 0.25) is 5.91 Å². The van der Waals surface area contributed by atoms with Gasteiger partial charge < -0.3 is 19.4 Å². The van der Waals surface area contributed by atoms with Crippen LogP contribution >= 0.6 is 11.6 Å². The highest BCUT2D eigenvalue weighted by atomic mass is 35.5. The fourth-order valence-corrected chi connectivity index (χ4v) is 6.23. The maximum atomic E-state index is 12.3. The molecule has 3 atom stereocenters. The van der Waals surface area contributed by atoms with Gasteiger partial charge in [-0.2, -0.15) is 0 Å². The number of fused-ring (bicyclic) bond motifs is 4. The molecule has 6 rings (SSSR count). The van der Waals surface area contributed by atoms with Gasteiger partial charge in [-0.3, -0.25) is 4.79 Å². The quantitative estimate of drug-likeness (QED) is 0.412. The number of carbonyl (C=O) groups excluding carboxylic acids is 1. The van der Waals surface area contributed by atoms with Gasteiger partial charge in [0.05, 0.1) is 19.9 Å². The number of hydrogen-bond acceptors (Lipinski definition) is 3. The molecule has 3 aromatic rings. The van der Waals surface area contributed by atoms with Crippen molar-refractivity contribution in [3.63, 3.8) is 0 Å². The maximum absolute atomic E-state index is 12.3. The van der Waals surface area contributed by atoms with E-state index in [-0.39, 0.29) is 11.8 Å². The zero-order valence-corrected chi connectivity index (χ0v) is 21.1. The monoisotopic (exact) mass is 480 g/mol. The van der Waals surface area contributed by atoms with Crippen LogP contribution in [0.15, 0.2) is 36.4 Å². The smallest absolute Gasteiger partial charge is 0.237 e. The number of halogens is 1. The van der Waals surface area contributed by atoms with Crippen molar-refractivity contribution in [3.05, 3.63) is 47.5 Å². The van der Waals surface area contributed by atoms with E-state index in [9.17, 15) is 4.79 Å². The molecule has 1 N–H and O–H groups in total. The molecule has 3 heterocycles. The van der Waals surface area contributed by atoms with Crippen LogP contribution in [-0.2, 0) is 4.79 Å². The van der Waals surface area contributed by atoms with Crippen molar-refractivity contribution >= 4 is 28.4 Å². The van der Waals surface area contributed by atoms with Crippen LogP contribution in [0.2, 0.25) is 0 Å². The molecule has 3 aliphatic rings. The topological polar surface area (TPSA) is 54.6 Å². The molecule has 0 spiro atoms. The molecule has 180 valence electrons. The van der Waals surface area contributed by atoms with E-state index < -0.39 is 0 Å².